The summed E-state index contributed by atoms with van der Waals surface area (Å²) in [6, 6.07) is 12.3. The Labute approximate surface area is 234 Å². The second-order valence-corrected chi connectivity index (χ2v) is 10.8. The number of benzene rings is 1. The van der Waals surface area contributed by atoms with Gasteiger partial charge in [0.2, 0.25) is 0 Å². The van der Waals surface area contributed by atoms with Gasteiger partial charge in [0, 0.05) is 60.9 Å². The molecule has 2 atom stereocenters. The molecule has 2 fully saturated rings. The SMILES string of the molecule is CCCN(CC)c1cccc(Nc2cc(-c3nc(N4CC[C@H](O)[C@H](O)C4)c4c(C5CC5)cncc4n3)ccn2)c1. The molecule has 0 radical (unpaired) electrons. The maximum absolute atomic E-state index is 10.5. The van der Waals surface area contributed by atoms with Crippen LogP contribution in [0.15, 0.2) is 55.0 Å². The molecular weight excluding hydrogens is 502 g/mol. The van der Waals surface area contributed by atoms with Crippen LogP contribution >= 0.6 is 0 Å². The molecule has 9 heteroatoms. The molecule has 4 aromatic rings. The molecule has 208 valence electrons. The Kier molecular flexibility index (Phi) is 7.49. The van der Waals surface area contributed by atoms with Crippen molar-refractivity contribution in [2.75, 3.05) is 41.3 Å². The van der Waals surface area contributed by atoms with Gasteiger partial charge in [-0.2, -0.15) is 0 Å². The number of pyridine rings is 2. The summed E-state index contributed by atoms with van der Waals surface area (Å²) in [4.78, 5) is 23.5. The van der Waals surface area contributed by atoms with Crippen LogP contribution in [0.5, 0.6) is 0 Å². The lowest BCUT2D eigenvalue weighted by Gasteiger charge is -2.35. The maximum atomic E-state index is 10.5. The number of rotatable bonds is 9. The second kappa shape index (κ2) is 11.3. The Morgan fingerprint density at radius 3 is 2.67 bits per heavy atom. The number of nitrogens with zero attached hydrogens (tertiary/aromatic N) is 6. The summed E-state index contributed by atoms with van der Waals surface area (Å²) in [5.74, 6) is 2.56. The van der Waals surface area contributed by atoms with E-state index >= 15 is 0 Å². The Balaban J connectivity index is 1.36. The quantitative estimate of drug-likeness (QED) is 0.274. The predicted molar refractivity (Wildman–Crippen MR) is 159 cm³/mol. The molecule has 1 saturated carbocycles. The van der Waals surface area contributed by atoms with Crippen LogP contribution in [0.3, 0.4) is 0 Å². The van der Waals surface area contributed by atoms with E-state index in [1.807, 2.05) is 24.4 Å². The second-order valence-electron chi connectivity index (χ2n) is 10.8. The monoisotopic (exact) mass is 539 g/mol. The number of hydrogen-bond acceptors (Lipinski definition) is 9. The van der Waals surface area contributed by atoms with E-state index in [4.69, 9.17) is 9.97 Å². The summed E-state index contributed by atoms with van der Waals surface area (Å²) in [6.07, 6.45) is 7.83. The molecule has 6 rings (SSSR count). The van der Waals surface area contributed by atoms with Crippen molar-refractivity contribution in [2.45, 2.75) is 57.7 Å². The molecule has 3 N–H and O–H groups in total. The van der Waals surface area contributed by atoms with E-state index in [2.05, 4.69) is 57.1 Å². The molecule has 2 aliphatic rings. The molecule has 0 unspecified atom stereocenters. The fraction of sp³-hybridized carbons (Fsp3) is 0.419. The third-order valence-electron chi connectivity index (χ3n) is 7.86. The van der Waals surface area contributed by atoms with E-state index < -0.39 is 12.2 Å². The Bertz CT molecular complexity index is 1490. The standard InChI is InChI=1S/C31H37N7O2/c1-3-13-37(4-2)23-7-5-6-22(16-23)34-28-15-21(10-12-33-28)30-35-25-18-32-17-24(20-8-9-20)29(25)31(36-30)38-14-11-26(39)27(40)19-38/h5-7,10,12,15-18,20,26-27,39-40H,3-4,8-9,11,13-14,19H2,1-2H3,(H,33,34)/t26-,27+/m0/s1. The normalized spacial score (nSPS) is 19.1. The lowest BCUT2D eigenvalue weighted by atomic mass is 10.0. The first kappa shape index (κ1) is 26.4. The van der Waals surface area contributed by atoms with Gasteiger partial charge in [0.05, 0.1) is 23.9 Å². The molecule has 4 heterocycles. The number of hydrogen-bond donors (Lipinski definition) is 3. The zero-order valence-electron chi connectivity index (χ0n) is 23.2. The molecule has 1 aromatic carbocycles. The highest BCUT2D eigenvalue weighted by molar-refractivity contribution is 5.94. The van der Waals surface area contributed by atoms with Gasteiger partial charge in [-0.25, -0.2) is 15.0 Å². The number of aromatic nitrogens is 4. The molecule has 0 spiro atoms. The van der Waals surface area contributed by atoms with Crippen LogP contribution in [0.1, 0.15) is 51.0 Å². The van der Waals surface area contributed by atoms with E-state index in [1.54, 1.807) is 12.4 Å². The highest BCUT2D eigenvalue weighted by Gasteiger charge is 2.32. The molecule has 9 nitrogen and oxygen atoms in total. The van der Waals surface area contributed by atoms with Crippen LogP contribution in [0.2, 0.25) is 0 Å². The van der Waals surface area contributed by atoms with Crippen LogP contribution in [0, 0.1) is 0 Å². The largest absolute Gasteiger partial charge is 0.390 e. The first-order valence-electron chi connectivity index (χ1n) is 14.4. The van der Waals surface area contributed by atoms with Gasteiger partial charge >= 0.3 is 0 Å². The van der Waals surface area contributed by atoms with Crippen molar-refractivity contribution >= 4 is 33.9 Å². The number of anilines is 4. The molecular formula is C31H37N7O2. The highest BCUT2D eigenvalue weighted by Crippen LogP contribution is 2.45. The van der Waals surface area contributed by atoms with Crippen molar-refractivity contribution in [2.24, 2.45) is 0 Å². The Morgan fingerprint density at radius 1 is 1.02 bits per heavy atom. The molecule has 40 heavy (non-hydrogen) atoms. The maximum Gasteiger partial charge on any atom is 0.162 e. The van der Waals surface area contributed by atoms with Gasteiger partial charge in [-0.15, -0.1) is 0 Å². The van der Waals surface area contributed by atoms with Crippen LogP contribution in [0.4, 0.5) is 23.0 Å². The van der Waals surface area contributed by atoms with Gasteiger partial charge < -0.3 is 25.3 Å². The number of fused-ring (bicyclic) bond motifs is 1. The summed E-state index contributed by atoms with van der Waals surface area (Å²) in [6.45, 7) is 7.28. The fourth-order valence-electron chi connectivity index (χ4n) is 5.57. The zero-order valence-corrected chi connectivity index (χ0v) is 23.2. The van der Waals surface area contributed by atoms with Crippen molar-refractivity contribution in [3.05, 3.63) is 60.6 Å². The number of β-amino-alcohol motifs (C(OH)–C–C–N with tert-alkyl or cyclic N) is 1. The minimum atomic E-state index is -0.818. The fourth-order valence-corrected chi connectivity index (χ4v) is 5.57. The average Bonchev–Trinajstić information content (AvgIpc) is 3.82. The predicted octanol–water partition coefficient (Wildman–Crippen LogP) is 4.88. The number of piperidine rings is 1. The van der Waals surface area contributed by atoms with Crippen molar-refractivity contribution in [1.82, 2.24) is 19.9 Å². The van der Waals surface area contributed by atoms with Crippen LogP contribution in [-0.4, -0.2) is 68.5 Å². The zero-order chi connectivity index (χ0) is 27.6. The highest BCUT2D eigenvalue weighted by atomic mass is 16.3. The molecule has 1 aliphatic carbocycles. The van der Waals surface area contributed by atoms with Crippen molar-refractivity contribution < 1.29 is 10.2 Å². The Morgan fingerprint density at radius 2 is 1.90 bits per heavy atom. The lowest BCUT2D eigenvalue weighted by Crippen LogP contribution is -2.47. The average molecular weight is 540 g/mol. The van der Waals surface area contributed by atoms with Gasteiger partial charge in [-0.05, 0) is 74.4 Å². The first-order valence-corrected chi connectivity index (χ1v) is 14.4. The van der Waals surface area contributed by atoms with E-state index in [1.165, 1.54) is 11.3 Å². The minimum Gasteiger partial charge on any atom is -0.390 e. The van der Waals surface area contributed by atoms with Gasteiger partial charge in [0.1, 0.15) is 11.6 Å². The van der Waals surface area contributed by atoms with E-state index in [0.717, 1.165) is 60.3 Å². The van der Waals surface area contributed by atoms with Crippen LogP contribution in [0.25, 0.3) is 22.3 Å². The van der Waals surface area contributed by atoms with Gasteiger partial charge in [0.15, 0.2) is 5.82 Å². The van der Waals surface area contributed by atoms with E-state index in [9.17, 15) is 10.2 Å². The smallest absolute Gasteiger partial charge is 0.162 e. The number of aliphatic hydroxyl groups excluding tert-OH is 2. The lowest BCUT2D eigenvalue weighted by molar-refractivity contribution is 0.00792. The molecule has 1 aliphatic heterocycles. The van der Waals surface area contributed by atoms with Crippen molar-refractivity contribution in [1.29, 1.82) is 0 Å². The first-order chi connectivity index (χ1) is 19.5. The molecule has 0 bridgehead atoms. The number of nitrogens with one attached hydrogen (secondary N) is 1. The van der Waals surface area contributed by atoms with Crippen molar-refractivity contribution in [3.8, 4) is 11.4 Å². The Hall–Kier alpha value is -3.82. The molecule has 0 amide bonds. The van der Waals surface area contributed by atoms with Gasteiger partial charge in [-0.1, -0.05) is 13.0 Å². The molecule has 1 saturated heterocycles. The number of aliphatic hydroxyl groups is 2. The summed E-state index contributed by atoms with van der Waals surface area (Å²) >= 11 is 0. The van der Waals surface area contributed by atoms with E-state index in [0.29, 0.717) is 37.1 Å². The van der Waals surface area contributed by atoms with Crippen LogP contribution in [-0.2, 0) is 0 Å². The summed E-state index contributed by atoms with van der Waals surface area (Å²) < 4.78 is 0. The third-order valence-corrected chi connectivity index (χ3v) is 7.86. The minimum absolute atomic E-state index is 0.325. The third kappa shape index (κ3) is 5.44. The summed E-state index contributed by atoms with van der Waals surface area (Å²) in [5, 5.41) is 25.1. The van der Waals surface area contributed by atoms with Crippen molar-refractivity contribution in [3.63, 3.8) is 0 Å². The van der Waals surface area contributed by atoms with E-state index in [-0.39, 0.29) is 0 Å². The topological polar surface area (TPSA) is 111 Å². The van der Waals surface area contributed by atoms with Crippen LogP contribution < -0.4 is 15.1 Å². The summed E-state index contributed by atoms with van der Waals surface area (Å²) in [7, 11) is 0. The molecule has 3 aromatic heterocycles. The van der Waals surface area contributed by atoms with Gasteiger partial charge in [-0.3, -0.25) is 4.98 Å². The summed E-state index contributed by atoms with van der Waals surface area (Å²) in [5.41, 5.74) is 4.95. The van der Waals surface area contributed by atoms with Gasteiger partial charge in [0.25, 0.3) is 0 Å².